The van der Waals surface area contributed by atoms with E-state index in [-0.39, 0.29) is 11.9 Å². The van der Waals surface area contributed by atoms with Crippen molar-refractivity contribution in [3.8, 4) is 0 Å². The van der Waals surface area contributed by atoms with Crippen LogP contribution in [0, 0.1) is 17.5 Å². The Labute approximate surface area is 121 Å². The van der Waals surface area contributed by atoms with Gasteiger partial charge in [0.2, 0.25) is 0 Å². The van der Waals surface area contributed by atoms with Crippen molar-refractivity contribution in [2.75, 3.05) is 0 Å². The maximum absolute atomic E-state index is 13.0. The zero-order valence-corrected chi connectivity index (χ0v) is 12.2. The van der Waals surface area contributed by atoms with Gasteiger partial charge in [-0.15, -0.1) is 0 Å². The molecule has 2 aromatic carbocycles. The Balaban J connectivity index is 2.19. The Morgan fingerprint density at radius 3 is 2.55 bits per heavy atom. The molecular weight excluding hydrogens is 271 g/mol. The van der Waals surface area contributed by atoms with Crippen LogP contribution in [0.5, 0.6) is 0 Å². The molecule has 3 aromatic rings. The Kier molecular flexibility index (Phi) is 3.18. The summed E-state index contributed by atoms with van der Waals surface area (Å²) in [5, 5.41) is 0. The minimum atomic E-state index is -0.223. The number of para-hydroxylation sites is 1. The van der Waals surface area contributed by atoms with Crippen molar-refractivity contribution in [1.29, 1.82) is 0 Å². The van der Waals surface area contributed by atoms with Gasteiger partial charge in [-0.05, 0) is 55.4 Å². The van der Waals surface area contributed by atoms with E-state index in [0.29, 0.717) is 4.77 Å². The van der Waals surface area contributed by atoms with Crippen LogP contribution in [0.25, 0.3) is 11.0 Å². The van der Waals surface area contributed by atoms with Crippen LogP contribution in [0.4, 0.5) is 4.39 Å². The van der Waals surface area contributed by atoms with Gasteiger partial charge >= 0.3 is 0 Å². The van der Waals surface area contributed by atoms with Crippen LogP contribution in [0.15, 0.2) is 42.5 Å². The highest BCUT2D eigenvalue weighted by Gasteiger charge is 2.13. The second-order valence-corrected chi connectivity index (χ2v) is 5.38. The fourth-order valence-electron chi connectivity index (χ4n) is 2.57. The van der Waals surface area contributed by atoms with Crippen LogP contribution in [-0.2, 0) is 0 Å². The second kappa shape index (κ2) is 4.87. The van der Waals surface area contributed by atoms with Crippen LogP contribution in [0.2, 0.25) is 0 Å². The first-order chi connectivity index (χ1) is 9.58. The molecule has 0 aliphatic rings. The van der Waals surface area contributed by atoms with E-state index in [9.17, 15) is 4.39 Å². The predicted molar refractivity (Wildman–Crippen MR) is 82.1 cm³/mol. The Bertz CT molecular complexity index is 815. The number of nitrogens with one attached hydrogen (secondary N) is 1. The molecule has 0 spiro atoms. The molecule has 4 heteroatoms. The number of benzene rings is 2. The third kappa shape index (κ3) is 2.06. The number of H-pyrrole nitrogens is 1. The van der Waals surface area contributed by atoms with E-state index in [4.69, 9.17) is 12.2 Å². The molecule has 3 rings (SSSR count). The van der Waals surface area contributed by atoms with Gasteiger partial charge in [0.05, 0.1) is 17.1 Å². The lowest BCUT2D eigenvalue weighted by Gasteiger charge is -2.15. The number of hydrogen-bond donors (Lipinski definition) is 1. The van der Waals surface area contributed by atoms with Crippen molar-refractivity contribution in [1.82, 2.24) is 9.55 Å². The van der Waals surface area contributed by atoms with Gasteiger partial charge in [0, 0.05) is 0 Å². The van der Waals surface area contributed by atoms with Gasteiger partial charge in [-0.2, -0.15) is 0 Å². The molecule has 2 nitrogen and oxygen atoms in total. The zero-order chi connectivity index (χ0) is 14.3. The minimum absolute atomic E-state index is 0.0543. The average Bonchev–Trinajstić information content (AvgIpc) is 2.77. The van der Waals surface area contributed by atoms with Gasteiger partial charge in [0.15, 0.2) is 4.77 Å². The number of halogens is 1. The van der Waals surface area contributed by atoms with Crippen LogP contribution < -0.4 is 0 Å². The first kappa shape index (κ1) is 13.1. The molecule has 0 aliphatic heterocycles. The topological polar surface area (TPSA) is 20.7 Å². The van der Waals surface area contributed by atoms with Gasteiger partial charge in [-0.25, -0.2) is 4.39 Å². The molecule has 0 bridgehead atoms. The molecule has 1 aromatic heterocycles. The molecule has 0 aliphatic carbocycles. The highest BCUT2D eigenvalue weighted by molar-refractivity contribution is 7.71. The van der Waals surface area contributed by atoms with Crippen molar-refractivity contribution >= 4 is 23.3 Å². The maximum Gasteiger partial charge on any atom is 0.178 e. The van der Waals surface area contributed by atoms with Crippen LogP contribution in [0.3, 0.4) is 0 Å². The SMILES string of the molecule is Cc1cccc2c1[nH]c(=S)n2C(C)c1ccc(F)cc1. The highest BCUT2D eigenvalue weighted by Crippen LogP contribution is 2.26. The molecule has 1 N–H and O–H groups in total. The first-order valence-electron chi connectivity index (χ1n) is 6.53. The fourth-order valence-corrected chi connectivity index (χ4v) is 2.93. The number of fused-ring (bicyclic) bond motifs is 1. The van der Waals surface area contributed by atoms with Crippen molar-refractivity contribution in [3.63, 3.8) is 0 Å². The van der Waals surface area contributed by atoms with Crippen LogP contribution >= 0.6 is 12.2 Å². The van der Waals surface area contributed by atoms with Crippen molar-refractivity contribution in [2.45, 2.75) is 19.9 Å². The van der Waals surface area contributed by atoms with Crippen LogP contribution in [-0.4, -0.2) is 9.55 Å². The molecule has 1 heterocycles. The number of nitrogens with zero attached hydrogens (tertiary/aromatic N) is 1. The van der Waals surface area contributed by atoms with Gasteiger partial charge in [-0.3, -0.25) is 0 Å². The molecule has 1 atom stereocenters. The molecule has 1 unspecified atom stereocenters. The zero-order valence-electron chi connectivity index (χ0n) is 11.4. The number of imidazole rings is 1. The predicted octanol–water partition coefficient (Wildman–Crippen LogP) is 4.76. The maximum atomic E-state index is 13.0. The molecule has 0 saturated heterocycles. The quantitative estimate of drug-likeness (QED) is 0.674. The smallest absolute Gasteiger partial charge is 0.178 e. The van der Waals surface area contributed by atoms with E-state index in [0.717, 1.165) is 16.6 Å². The summed E-state index contributed by atoms with van der Waals surface area (Å²) in [7, 11) is 0. The Morgan fingerprint density at radius 2 is 1.85 bits per heavy atom. The minimum Gasteiger partial charge on any atom is -0.330 e. The summed E-state index contributed by atoms with van der Waals surface area (Å²) in [4.78, 5) is 3.26. The Hall–Kier alpha value is -1.94. The van der Waals surface area contributed by atoms with Crippen LogP contribution in [0.1, 0.15) is 24.1 Å². The molecule has 0 fully saturated rings. The van der Waals surface area contributed by atoms with Crippen molar-refractivity contribution in [3.05, 3.63) is 64.2 Å². The molecule has 102 valence electrons. The number of aromatic nitrogens is 2. The monoisotopic (exact) mass is 286 g/mol. The van der Waals surface area contributed by atoms with E-state index in [1.807, 2.05) is 6.07 Å². The lowest BCUT2D eigenvalue weighted by molar-refractivity contribution is 0.618. The molecule has 0 radical (unpaired) electrons. The molecule has 20 heavy (non-hydrogen) atoms. The Morgan fingerprint density at radius 1 is 1.15 bits per heavy atom. The van der Waals surface area contributed by atoms with Gasteiger partial charge < -0.3 is 9.55 Å². The van der Waals surface area contributed by atoms with E-state index in [2.05, 4.69) is 35.5 Å². The highest BCUT2D eigenvalue weighted by atomic mass is 32.1. The largest absolute Gasteiger partial charge is 0.330 e. The number of rotatable bonds is 2. The van der Waals surface area contributed by atoms with Gasteiger partial charge in [0.1, 0.15) is 5.82 Å². The lowest BCUT2D eigenvalue weighted by atomic mass is 10.1. The van der Waals surface area contributed by atoms with E-state index in [1.165, 1.54) is 17.7 Å². The van der Waals surface area contributed by atoms with E-state index < -0.39 is 0 Å². The van der Waals surface area contributed by atoms with E-state index >= 15 is 0 Å². The summed E-state index contributed by atoms with van der Waals surface area (Å²) >= 11 is 5.45. The van der Waals surface area contributed by atoms with Gasteiger partial charge in [0.25, 0.3) is 0 Å². The first-order valence-corrected chi connectivity index (χ1v) is 6.94. The summed E-state index contributed by atoms with van der Waals surface area (Å²) < 4.78 is 15.8. The average molecular weight is 286 g/mol. The summed E-state index contributed by atoms with van der Waals surface area (Å²) in [6.07, 6.45) is 0. The third-order valence-electron chi connectivity index (χ3n) is 3.70. The normalized spacial score (nSPS) is 12.8. The molecule has 0 amide bonds. The second-order valence-electron chi connectivity index (χ2n) is 5.00. The van der Waals surface area contributed by atoms with Crippen molar-refractivity contribution < 1.29 is 4.39 Å². The number of aryl methyl sites for hydroxylation is 1. The summed E-state index contributed by atoms with van der Waals surface area (Å²) in [6.45, 7) is 4.12. The van der Waals surface area contributed by atoms with Crippen molar-refractivity contribution in [2.24, 2.45) is 0 Å². The summed E-state index contributed by atoms with van der Waals surface area (Å²) in [5.41, 5.74) is 4.34. The fraction of sp³-hybridized carbons (Fsp3) is 0.188. The molecule has 0 saturated carbocycles. The number of hydrogen-bond acceptors (Lipinski definition) is 1. The third-order valence-corrected chi connectivity index (χ3v) is 4.00. The summed E-state index contributed by atoms with van der Waals surface area (Å²) in [6, 6.07) is 12.7. The van der Waals surface area contributed by atoms with E-state index in [1.54, 1.807) is 12.1 Å². The molecular formula is C16H15FN2S. The lowest BCUT2D eigenvalue weighted by Crippen LogP contribution is -2.06. The number of aromatic amines is 1. The summed E-state index contributed by atoms with van der Waals surface area (Å²) in [5.74, 6) is -0.223. The van der Waals surface area contributed by atoms with Gasteiger partial charge in [-0.1, -0.05) is 24.3 Å². The standard InChI is InChI=1S/C16H15FN2S/c1-10-4-3-5-14-15(10)18-16(20)19(14)11(2)12-6-8-13(17)9-7-12/h3-9,11H,1-2H3,(H,18,20).